The maximum absolute atomic E-state index is 0. The molecular formula is Al3Th. The molecule has 0 unspecified atom stereocenters. The molecule has 0 aliphatic rings. The van der Waals surface area contributed by atoms with Crippen LogP contribution in [0.1, 0.15) is 0 Å². The van der Waals surface area contributed by atoms with Crippen molar-refractivity contribution in [2.24, 2.45) is 0 Å². The van der Waals surface area contributed by atoms with Crippen LogP contribution in [0, 0.1) is 39.9 Å². The molecule has 0 bridgehead atoms. The fourth-order valence-electron chi connectivity index (χ4n) is 0. The topological polar surface area (TPSA) is 0 Å². The second kappa shape index (κ2) is 16.8. The van der Waals surface area contributed by atoms with Gasteiger partial charge in [-0.3, -0.25) is 0 Å². The monoisotopic (exact) mass is 313 g/mol. The third-order valence-corrected chi connectivity index (χ3v) is 0. The van der Waals surface area contributed by atoms with Gasteiger partial charge in [0.2, 0.25) is 0 Å². The van der Waals surface area contributed by atoms with Gasteiger partial charge in [-0.25, -0.2) is 0 Å². The van der Waals surface area contributed by atoms with Crippen molar-refractivity contribution in [3.8, 4) is 0 Å². The normalized spacial score (nSPS) is 0. The Morgan fingerprint density at radius 2 is 0.500 bits per heavy atom. The zero-order valence-electron chi connectivity index (χ0n) is 2.23. The third-order valence-electron chi connectivity index (χ3n) is 0. The summed E-state index contributed by atoms with van der Waals surface area (Å²) >= 11 is 0. The van der Waals surface area contributed by atoms with Gasteiger partial charge >= 0.3 is 0 Å². The van der Waals surface area contributed by atoms with Gasteiger partial charge in [-0.1, -0.05) is 0 Å². The summed E-state index contributed by atoms with van der Waals surface area (Å²) in [4.78, 5) is 0. The van der Waals surface area contributed by atoms with Gasteiger partial charge in [0.15, 0.2) is 0 Å². The van der Waals surface area contributed by atoms with E-state index >= 15 is 0 Å². The van der Waals surface area contributed by atoms with Crippen LogP contribution in [0.5, 0.6) is 0 Å². The quantitative estimate of drug-likeness (QED) is 0.496. The first kappa shape index (κ1) is 28.4. The Morgan fingerprint density at radius 1 is 0.500 bits per heavy atom. The molecule has 0 aromatic rings. The van der Waals surface area contributed by atoms with E-state index in [-0.39, 0.29) is 92.0 Å². The third kappa shape index (κ3) is 8.87. The summed E-state index contributed by atoms with van der Waals surface area (Å²) in [5.41, 5.74) is 0. The summed E-state index contributed by atoms with van der Waals surface area (Å²) in [5, 5.41) is 0. The van der Waals surface area contributed by atoms with Gasteiger partial charge in [0.05, 0.1) is 0 Å². The van der Waals surface area contributed by atoms with Crippen LogP contribution in [0.3, 0.4) is 0 Å². The van der Waals surface area contributed by atoms with E-state index in [0.29, 0.717) is 0 Å². The molecule has 0 spiro atoms. The largest absolute Gasteiger partial charge is 0 e. The Hall–Kier alpha value is 2.92. The molecule has 0 heterocycles. The summed E-state index contributed by atoms with van der Waals surface area (Å²) in [7, 11) is 0. The molecule has 0 atom stereocenters. The SMILES string of the molecule is [Al].[Al].[Al].[Th]. The van der Waals surface area contributed by atoms with Crippen molar-refractivity contribution >= 4 is 52.1 Å². The minimum absolute atomic E-state index is 0. The fraction of sp³-hybridized carbons (Fsp3) is 0. The van der Waals surface area contributed by atoms with E-state index in [1.54, 1.807) is 0 Å². The minimum Gasteiger partial charge on any atom is 0 e. The van der Waals surface area contributed by atoms with Crippen LogP contribution in [0.4, 0.5) is 0 Å². The Balaban J connectivity index is 0. The molecule has 0 aromatic heterocycles. The predicted octanol–water partition coefficient (Wildman–Crippen LogP) is -1.14. The summed E-state index contributed by atoms with van der Waals surface area (Å²) in [6.07, 6.45) is 0. The van der Waals surface area contributed by atoms with E-state index in [1.807, 2.05) is 0 Å². The molecule has 0 saturated carbocycles. The molecule has 4 heteroatoms. The first-order chi connectivity index (χ1) is 0. The van der Waals surface area contributed by atoms with E-state index in [2.05, 4.69) is 0 Å². The Kier molecular flexibility index (Phi) is 119. The molecule has 0 fully saturated rings. The van der Waals surface area contributed by atoms with E-state index in [0.717, 1.165) is 0 Å². The number of rotatable bonds is 0. The van der Waals surface area contributed by atoms with Crippen molar-refractivity contribution in [3.63, 3.8) is 0 Å². The minimum atomic E-state index is 0. The van der Waals surface area contributed by atoms with Crippen LogP contribution < -0.4 is 0 Å². The molecule has 0 amide bonds. The Bertz CT molecular complexity index is 3.25. The first-order valence-corrected chi connectivity index (χ1v) is 0. The van der Waals surface area contributed by atoms with Gasteiger partial charge < -0.3 is 0 Å². The molecule has 0 aliphatic carbocycles. The molecule has 0 N–H and O–H groups in total. The van der Waals surface area contributed by atoms with Crippen molar-refractivity contribution in [3.05, 3.63) is 0 Å². The maximum Gasteiger partial charge on any atom is 0 e. The average Bonchev–Trinajstić information content (AvgIpc) is 0. The average molecular weight is 313 g/mol. The van der Waals surface area contributed by atoms with Crippen molar-refractivity contribution in [1.82, 2.24) is 0 Å². The van der Waals surface area contributed by atoms with Gasteiger partial charge in [0.25, 0.3) is 0 Å². The van der Waals surface area contributed by atoms with Crippen molar-refractivity contribution in [2.75, 3.05) is 0 Å². The van der Waals surface area contributed by atoms with Crippen molar-refractivity contribution in [1.29, 1.82) is 0 Å². The van der Waals surface area contributed by atoms with Crippen LogP contribution in [-0.4, -0.2) is 52.1 Å². The van der Waals surface area contributed by atoms with E-state index in [1.165, 1.54) is 0 Å². The first-order valence-electron chi connectivity index (χ1n) is 0. The second-order valence-corrected chi connectivity index (χ2v) is 0. The van der Waals surface area contributed by atoms with Gasteiger partial charge in [-0.15, -0.1) is 0 Å². The molecule has 9 radical (unpaired) electrons. The van der Waals surface area contributed by atoms with Gasteiger partial charge in [-0.2, -0.15) is 0 Å². The van der Waals surface area contributed by atoms with Crippen LogP contribution in [0.25, 0.3) is 0 Å². The van der Waals surface area contributed by atoms with Crippen molar-refractivity contribution < 1.29 is 39.9 Å². The van der Waals surface area contributed by atoms with Crippen LogP contribution in [0.15, 0.2) is 0 Å². The number of hydrogen-bond donors (Lipinski definition) is 0. The van der Waals surface area contributed by atoms with Gasteiger partial charge in [-0.05, 0) is 0 Å². The van der Waals surface area contributed by atoms with E-state index in [4.69, 9.17) is 0 Å². The molecule has 0 saturated heterocycles. The molecule has 4 heavy (non-hydrogen) atoms. The summed E-state index contributed by atoms with van der Waals surface area (Å²) in [6.45, 7) is 0. The van der Waals surface area contributed by atoms with Gasteiger partial charge in [0.1, 0.15) is 0 Å². The summed E-state index contributed by atoms with van der Waals surface area (Å²) in [6, 6.07) is 0. The number of hydrogen-bond acceptors (Lipinski definition) is 0. The molecule has 0 aliphatic heterocycles. The fourth-order valence-corrected chi connectivity index (χ4v) is 0. The summed E-state index contributed by atoms with van der Waals surface area (Å²) in [5.74, 6) is 0. The van der Waals surface area contributed by atoms with Crippen molar-refractivity contribution in [2.45, 2.75) is 0 Å². The second-order valence-electron chi connectivity index (χ2n) is 0. The Morgan fingerprint density at radius 3 is 0.500 bits per heavy atom. The standard InChI is InChI=1S/3Al.Th. The van der Waals surface area contributed by atoms with Crippen LogP contribution >= 0.6 is 0 Å². The summed E-state index contributed by atoms with van der Waals surface area (Å²) < 4.78 is 0. The van der Waals surface area contributed by atoms with Gasteiger partial charge in [0, 0.05) is 92.0 Å². The molecule has 0 aromatic carbocycles. The Labute approximate surface area is 90.2 Å². The zero-order chi connectivity index (χ0) is 0. The molecular weight excluding hydrogens is 313 g/mol. The molecule has 0 rings (SSSR count). The zero-order valence-corrected chi connectivity index (χ0v) is 9.81. The van der Waals surface area contributed by atoms with E-state index in [9.17, 15) is 0 Å². The van der Waals surface area contributed by atoms with E-state index < -0.39 is 0 Å². The molecule has 0 nitrogen and oxygen atoms in total. The smallest absolute Gasteiger partial charge is 0 e. The van der Waals surface area contributed by atoms with Crippen LogP contribution in [-0.2, 0) is 0 Å². The van der Waals surface area contributed by atoms with Crippen LogP contribution in [0.2, 0.25) is 0 Å². The maximum atomic E-state index is 0. The molecule has 13 valence electrons. The predicted molar refractivity (Wildman–Crippen MR) is 17.3 cm³/mol.